The van der Waals surface area contributed by atoms with Gasteiger partial charge in [-0.05, 0) is 12.1 Å². The van der Waals surface area contributed by atoms with Crippen LogP contribution in [0, 0.1) is 11.3 Å². The van der Waals surface area contributed by atoms with Gasteiger partial charge in [0.15, 0.2) is 6.61 Å². The summed E-state index contributed by atoms with van der Waals surface area (Å²) in [6.07, 6.45) is 0.292. The molecule has 1 aromatic carbocycles. The maximum Gasteiger partial charge on any atom is 0.260 e. The molecule has 0 N–H and O–H groups in total. The second kappa shape index (κ2) is 7.10. The maximum absolute atomic E-state index is 11.6. The predicted molar refractivity (Wildman–Crippen MR) is 69.8 cm³/mol. The van der Waals surface area contributed by atoms with Gasteiger partial charge in [-0.1, -0.05) is 29.3 Å². The van der Waals surface area contributed by atoms with Crippen molar-refractivity contribution in [1.82, 2.24) is 4.90 Å². The maximum atomic E-state index is 11.6. The number of hydrogen-bond acceptors (Lipinski definition) is 3. The summed E-state index contributed by atoms with van der Waals surface area (Å²) < 4.78 is 5.29. The third kappa shape index (κ3) is 4.10. The van der Waals surface area contributed by atoms with Gasteiger partial charge in [-0.3, -0.25) is 4.79 Å². The van der Waals surface area contributed by atoms with E-state index in [0.717, 1.165) is 0 Å². The summed E-state index contributed by atoms with van der Waals surface area (Å²) in [6.45, 7) is 0.240. The van der Waals surface area contributed by atoms with E-state index in [1.54, 1.807) is 25.2 Å². The van der Waals surface area contributed by atoms with E-state index in [1.807, 2.05) is 6.07 Å². The summed E-state index contributed by atoms with van der Waals surface area (Å²) in [5.41, 5.74) is 0. The Kier molecular flexibility index (Phi) is 5.76. The molecule has 0 fully saturated rings. The van der Waals surface area contributed by atoms with Gasteiger partial charge in [0, 0.05) is 13.6 Å². The number of benzene rings is 1. The van der Waals surface area contributed by atoms with Crippen molar-refractivity contribution in [2.45, 2.75) is 6.42 Å². The average Bonchev–Trinajstić information content (AvgIpc) is 2.37. The van der Waals surface area contributed by atoms with Crippen LogP contribution < -0.4 is 4.74 Å². The fourth-order valence-corrected chi connectivity index (χ4v) is 1.53. The summed E-state index contributed by atoms with van der Waals surface area (Å²) >= 11 is 11.7. The van der Waals surface area contributed by atoms with Crippen molar-refractivity contribution in [2.75, 3.05) is 20.2 Å². The van der Waals surface area contributed by atoms with Crippen molar-refractivity contribution in [3.8, 4) is 11.8 Å². The van der Waals surface area contributed by atoms with Crippen LogP contribution in [0.2, 0.25) is 10.0 Å². The van der Waals surface area contributed by atoms with Gasteiger partial charge in [0.1, 0.15) is 10.8 Å². The van der Waals surface area contributed by atoms with E-state index in [-0.39, 0.29) is 17.5 Å². The highest BCUT2D eigenvalue weighted by molar-refractivity contribution is 6.42. The quantitative estimate of drug-likeness (QED) is 0.836. The summed E-state index contributed by atoms with van der Waals surface area (Å²) in [7, 11) is 1.61. The van der Waals surface area contributed by atoms with Crippen molar-refractivity contribution in [1.29, 1.82) is 5.26 Å². The zero-order valence-corrected chi connectivity index (χ0v) is 11.3. The third-order valence-corrected chi connectivity index (χ3v) is 3.05. The molecule has 0 aliphatic carbocycles. The Morgan fingerprint density at radius 1 is 1.50 bits per heavy atom. The number of likely N-dealkylation sites (N-methyl/N-ethyl adjacent to an activating group) is 1. The highest BCUT2D eigenvalue weighted by atomic mass is 35.5. The van der Waals surface area contributed by atoms with Gasteiger partial charge in [-0.15, -0.1) is 0 Å². The van der Waals surface area contributed by atoms with Crippen molar-refractivity contribution < 1.29 is 9.53 Å². The van der Waals surface area contributed by atoms with Gasteiger partial charge < -0.3 is 9.64 Å². The molecule has 0 bridgehead atoms. The van der Waals surface area contributed by atoms with E-state index < -0.39 is 0 Å². The minimum atomic E-state index is -0.221. The Balaban J connectivity index is 2.53. The van der Waals surface area contributed by atoms with E-state index in [4.69, 9.17) is 33.2 Å². The second-order valence-electron chi connectivity index (χ2n) is 3.56. The standard InChI is InChI=1S/C12H12Cl2N2O2/c1-16(7-3-6-15)11(17)8-18-10-5-2-4-9(13)12(10)14/h2,4-5H,3,7-8H2,1H3. The highest BCUT2D eigenvalue weighted by Crippen LogP contribution is 2.31. The molecule has 0 aliphatic heterocycles. The monoisotopic (exact) mass is 286 g/mol. The number of rotatable bonds is 5. The smallest absolute Gasteiger partial charge is 0.260 e. The van der Waals surface area contributed by atoms with Crippen LogP contribution in [0.1, 0.15) is 6.42 Å². The van der Waals surface area contributed by atoms with Gasteiger partial charge in [-0.2, -0.15) is 5.26 Å². The van der Waals surface area contributed by atoms with Gasteiger partial charge in [0.25, 0.3) is 5.91 Å². The molecule has 0 unspecified atom stereocenters. The first kappa shape index (κ1) is 14.6. The van der Waals surface area contributed by atoms with Crippen molar-refractivity contribution in [3.05, 3.63) is 28.2 Å². The molecule has 0 heterocycles. The van der Waals surface area contributed by atoms with Gasteiger partial charge in [-0.25, -0.2) is 0 Å². The Hall–Kier alpha value is -1.44. The van der Waals surface area contributed by atoms with E-state index in [9.17, 15) is 4.79 Å². The van der Waals surface area contributed by atoms with Crippen molar-refractivity contribution >= 4 is 29.1 Å². The largest absolute Gasteiger partial charge is 0.482 e. The Labute approximate surface area is 116 Å². The minimum absolute atomic E-state index is 0.137. The summed E-state index contributed by atoms with van der Waals surface area (Å²) in [4.78, 5) is 13.1. The highest BCUT2D eigenvalue weighted by Gasteiger charge is 2.11. The topological polar surface area (TPSA) is 53.3 Å². The molecule has 0 aromatic heterocycles. The number of nitrogens with zero attached hydrogens (tertiary/aromatic N) is 2. The SMILES string of the molecule is CN(CCC#N)C(=O)COc1cccc(Cl)c1Cl. The third-order valence-electron chi connectivity index (χ3n) is 2.25. The molecule has 96 valence electrons. The molecule has 0 spiro atoms. The normalized spacial score (nSPS) is 9.67. The number of nitriles is 1. The van der Waals surface area contributed by atoms with Crippen LogP contribution >= 0.6 is 23.2 Å². The minimum Gasteiger partial charge on any atom is -0.482 e. The van der Waals surface area contributed by atoms with E-state index in [2.05, 4.69) is 0 Å². The zero-order valence-electron chi connectivity index (χ0n) is 9.82. The summed E-state index contributed by atoms with van der Waals surface area (Å²) in [5.74, 6) is 0.146. The molecule has 1 amide bonds. The second-order valence-corrected chi connectivity index (χ2v) is 4.35. The number of hydrogen-bond donors (Lipinski definition) is 0. The molecule has 4 nitrogen and oxygen atoms in total. The Morgan fingerprint density at radius 3 is 2.89 bits per heavy atom. The molecule has 18 heavy (non-hydrogen) atoms. The lowest BCUT2D eigenvalue weighted by molar-refractivity contribution is -0.131. The summed E-state index contributed by atoms with van der Waals surface area (Å²) in [6, 6.07) is 6.93. The molecule has 0 saturated heterocycles. The lowest BCUT2D eigenvalue weighted by Crippen LogP contribution is -2.32. The number of amides is 1. The number of carbonyl (C=O) groups excluding carboxylic acids is 1. The fourth-order valence-electron chi connectivity index (χ4n) is 1.19. The predicted octanol–water partition coefficient (Wildman–Crippen LogP) is 2.74. The van der Waals surface area contributed by atoms with Crippen LogP contribution in [-0.4, -0.2) is 31.0 Å². The Morgan fingerprint density at radius 2 is 2.22 bits per heavy atom. The zero-order chi connectivity index (χ0) is 13.5. The van der Waals surface area contributed by atoms with Crippen LogP contribution in [0.25, 0.3) is 0 Å². The Bertz CT molecular complexity index is 472. The van der Waals surface area contributed by atoms with Crippen LogP contribution in [0.3, 0.4) is 0 Å². The molecule has 6 heteroatoms. The average molecular weight is 287 g/mol. The molecular formula is C12H12Cl2N2O2. The molecule has 0 aliphatic rings. The van der Waals surface area contributed by atoms with Crippen LogP contribution in [0.4, 0.5) is 0 Å². The first-order chi connectivity index (χ1) is 8.56. The lowest BCUT2D eigenvalue weighted by Gasteiger charge is -2.16. The molecule has 1 rings (SSSR count). The molecule has 0 atom stereocenters. The van der Waals surface area contributed by atoms with E-state index in [1.165, 1.54) is 4.90 Å². The van der Waals surface area contributed by atoms with Crippen molar-refractivity contribution in [2.24, 2.45) is 0 Å². The van der Waals surface area contributed by atoms with E-state index >= 15 is 0 Å². The van der Waals surface area contributed by atoms with E-state index in [0.29, 0.717) is 23.7 Å². The molecule has 1 aromatic rings. The first-order valence-corrected chi connectivity index (χ1v) is 5.99. The fraction of sp³-hybridized carbons (Fsp3) is 0.333. The van der Waals surface area contributed by atoms with Crippen LogP contribution in [0.5, 0.6) is 5.75 Å². The number of halogens is 2. The number of carbonyl (C=O) groups is 1. The molecule has 0 radical (unpaired) electrons. The van der Waals surface area contributed by atoms with Crippen LogP contribution in [-0.2, 0) is 4.79 Å². The van der Waals surface area contributed by atoms with Gasteiger partial charge >= 0.3 is 0 Å². The van der Waals surface area contributed by atoms with Gasteiger partial charge in [0.05, 0.1) is 17.5 Å². The number of ether oxygens (including phenoxy) is 1. The first-order valence-electron chi connectivity index (χ1n) is 5.24. The van der Waals surface area contributed by atoms with Crippen LogP contribution in [0.15, 0.2) is 18.2 Å². The van der Waals surface area contributed by atoms with Gasteiger partial charge in [0.2, 0.25) is 0 Å². The van der Waals surface area contributed by atoms with Crippen molar-refractivity contribution in [3.63, 3.8) is 0 Å². The molecular weight excluding hydrogens is 275 g/mol. The summed E-state index contributed by atoms with van der Waals surface area (Å²) in [5, 5.41) is 9.08. The molecule has 0 saturated carbocycles. The lowest BCUT2D eigenvalue weighted by atomic mass is 10.3.